The van der Waals surface area contributed by atoms with Crippen LogP contribution in [-0.2, 0) is 4.79 Å². The summed E-state index contributed by atoms with van der Waals surface area (Å²) in [6.07, 6.45) is 1.65. The summed E-state index contributed by atoms with van der Waals surface area (Å²) in [6, 6.07) is 12.4. The van der Waals surface area contributed by atoms with Gasteiger partial charge in [0.1, 0.15) is 12.4 Å². The van der Waals surface area contributed by atoms with Crippen LogP contribution in [0.5, 0.6) is 17.2 Å². The van der Waals surface area contributed by atoms with Gasteiger partial charge in [-0.3, -0.25) is 14.5 Å². The summed E-state index contributed by atoms with van der Waals surface area (Å²) in [5.74, 6) is 1.24. The predicted octanol–water partition coefficient (Wildman–Crippen LogP) is 4.86. The van der Waals surface area contributed by atoms with Crippen molar-refractivity contribution in [2.24, 2.45) is 0 Å². The summed E-state index contributed by atoms with van der Waals surface area (Å²) >= 11 is 6.93. The van der Waals surface area contributed by atoms with Gasteiger partial charge in [0.05, 0.1) is 30.2 Å². The second kappa shape index (κ2) is 9.71. The number of carbonyl (C=O) groups is 2. The molecule has 8 heteroatoms. The highest BCUT2D eigenvalue weighted by atomic mass is 35.5. The van der Waals surface area contributed by atoms with Crippen molar-refractivity contribution in [3.05, 3.63) is 58.0 Å². The van der Waals surface area contributed by atoms with E-state index in [-0.39, 0.29) is 24.3 Å². The normalized spacial score (nSPS) is 15.1. The van der Waals surface area contributed by atoms with Crippen LogP contribution in [0, 0.1) is 0 Å². The highest BCUT2D eigenvalue weighted by Crippen LogP contribution is 2.37. The van der Waals surface area contributed by atoms with E-state index in [9.17, 15) is 9.59 Å². The Labute approximate surface area is 178 Å². The molecule has 29 heavy (non-hydrogen) atoms. The summed E-state index contributed by atoms with van der Waals surface area (Å²) in [6.45, 7) is 2.59. The van der Waals surface area contributed by atoms with E-state index in [1.807, 2.05) is 13.0 Å². The Morgan fingerprint density at radius 2 is 1.83 bits per heavy atom. The van der Waals surface area contributed by atoms with E-state index in [1.54, 1.807) is 49.6 Å². The van der Waals surface area contributed by atoms with Crippen molar-refractivity contribution in [2.75, 3.05) is 26.9 Å². The molecule has 2 aromatic carbocycles. The molecule has 1 aliphatic heterocycles. The summed E-state index contributed by atoms with van der Waals surface area (Å²) in [7, 11) is 1.55. The average molecular weight is 434 g/mol. The number of para-hydroxylation sites is 2. The standard InChI is InChI=1S/C21H20ClNO5S/c1-3-27-19-14(7-6-10-17(19)26-2)13-18-20(24)23(21(25)29-18)11-12-28-16-9-5-4-8-15(16)22/h4-10,13H,3,11-12H2,1-2H3/b18-13-. The van der Waals surface area contributed by atoms with Crippen molar-refractivity contribution in [1.82, 2.24) is 4.90 Å². The lowest BCUT2D eigenvalue weighted by atomic mass is 10.1. The van der Waals surface area contributed by atoms with E-state index in [2.05, 4.69) is 0 Å². The number of thioether (sulfide) groups is 1. The van der Waals surface area contributed by atoms with Crippen molar-refractivity contribution >= 4 is 40.6 Å². The van der Waals surface area contributed by atoms with Crippen molar-refractivity contribution in [3.63, 3.8) is 0 Å². The quantitative estimate of drug-likeness (QED) is 0.554. The topological polar surface area (TPSA) is 65.1 Å². The molecule has 6 nitrogen and oxygen atoms in total. The predicted molar refractivity (Wildman–Crippen MR) is 114 cm³/mol. The molecule has 0 aliphatic carbocycles. The number of hydrogen-bond acceptors (Lipinski definition) is 6. The van der Waals surface area contributed by atoms with Gasteiger partial charge in [-0.1, -0.05) is 35.9 Å². The van der Waals surface area contributed by atoms with Crippen molar-refractivity contribution in [2.45, 2.75) is 6.92 Å². The molecule has 2 aromatic rings. The third-order valence-electron chi connectivity index (χ3n) is 4.09. The highest BCUT2D eigenvalue weighted by molar-refractivity contribution is 8.18. The van der Waals surface area contributed by atoms with E-state index in [0.29, 0.717) is 39.3 Å². The zero-order valence-corrected chi connectivity index (χ0v) is 17.6. The molecule has 0 radical (unpaired) electrons. The van der Waals surface area contributed by atoms with Crippen LogP contribution in [0.25, 0.3) is 6.08 Å². The number of carbonyl (C=O) groups excluding carboxylic acids is 2. The molecule has 152 valence electrons. The number of imide groups is 1. The van der Waals surface area contributed by atoms with Crippen LogP contribution in [0.15, 0.2) is 47.4 Å². The summed E-state index contributed by atoms with van der Waals surface area (Å²) in [4.78, 5) is 26.5. The number of nitrogens with zero attached hydrogens (tertiary/aromatic N) is 1. The van der Waals surface area contributed by atoms with Gasteiger partial charge in [0.2, 0.25) is 0 Å². The SMILES string of the molecule is CCOc1c(/C=C2\SC(=O)N(CCOc3ccccc3Cl)C2=O)cccc1OC. The third kappa shape index (κ3) is 4.86. The van der Waals surface area contributed by atoms with Gasteiger partial charge in [0, 0.05) is 5.56 Å². The van der Waals surface area contributed by atoms with Gasteiger partial charge in [-0.15, -0.1) is 0 Å². The number of methoxy groups -OCH3 is 1. The number of hydrogen-bond donors (Lipinski definition) is 0. The Balaban J connectivity index is 1.73. The van der Waals surface area contributed by atoms with Crippen molar-refractivity contribution in [3.8, 4) is 17.2 Å². The summed E-state index contributed by atoms with van der Waals surface area (Å²) < 4.78 is 16.6. The lowest BCUT2D eigenvalue weighted by Gasteiger charge is -2.14. The molecule has 0 N–H and O–H groups in total. The lowest BCUT2D eigenvalue weighted by molar-refractivity contribution is -0.123. The first-order valence-electron chi connectivity index (χ1n) is 8.97. The van der Waals surface area contributed by atoms with Gasteiger partial charge in [-0.05, 0) is 43.0 Å². The van der Waals surface area contributed by atoms with Crippen molar-refractivity contribution in [1.29, 1.82) is 0 Å². The smallest absolute Gasteiger partial charge is 0.293 e. The molecule has 2 amide bonds. The number of benzene rings is 2. The van der Waals surface area contributed by atoms with E-state index in [4.69, 9.17) is 25.8 Å². The van der Waals surface area contributed by atoms with Crippen LogP contribution in [0.4, 0.5) is 4.79 Å². The molecule has 3 rings (SSSR count). The van der Waals surface area contributed by atoms with Gasteiger partial charge < -0.3 is 14.2 Å². The molecular formula is C21H20ClNO5S. The van der Waals surface area contributed by atoms with E-state index in [0.717, 1.165) is 16.7 Å². The molecule has 1 aliphatic rings. The lowest BCUT2D eigenvalue weighted by Crippen LogP contribution is -2.32. The fourth-order valence-electron chi connectivity index (χ4n) is 2.75. The number of amides is 2. The summed E-state index contributed by atoms with van der Waals surface area (Å²) in [5, 5.41) is 0.132. The molecule has 1 heterocycles. The van der Waals surface area contributed by atoms with Crippen molar-refractivity contribution < 1.29 is 23.8 Å². The molecule has 1 fully saturated rings. The monoisotopic (exact) mass is 433 g/mol. The first-order valence-corrected chi connectivity index (χ1v) is 10.2. The minimum atomic E-state index is -0.368. The highest BCUT2D eigenvalue weighted by Gasteiger charge is 2.35. The van der Waals surface area contributed by atoms with Gasteiger partial charge in [0.25, 0.3) is 11.1 Å². The van der Waals surface area contributed by atoms with Crippen LogP contribution in [-0.4, -0.2) is 42.9 Å². The zero-order chi connectivity index (χ0) is 20.8. The van der Waals surface area contributed by atoms with Gasteiger partial charge in [-0.2, -0.15) is 0 Å². The van der Waals surface area contributed by atoms with E-state index < -0.39 is 0 Å². The molecule has 0 spiro atoms. The summed E-state index contributed by atoms with van der Waals surface area (Å²) in [5.41, 5.74) is 0.670. The van der Waals surface area contributed by atoms with Crippen LogP contribution in [0.1, 0.15) is 12.5 Å². The Kier molecular flexibility index (Phi) is 7.06. The molecule has 0 unspecified atom stereocenters. The average Bonchev–Trinajstić information content (AvgIpc) is 2.98. The van der Waals surface area contributed by atoms with Gasteiger partial charge >= 0.3 is 0 Å². The first kappa shape index (κ1) is 21.1. The molecule has 0 saturated carbocycles. The maximum absolute atomic E-state index is 12.7. The first-order chi connectivity index (χ1) is 14.0. The second-order valence-corrected chi connectivity index (χ2v) is 7.32. The maximum atomic E-state index is 12.7. The van der Waals surface area contributed by atoms with Gasteiger partial charge in [0.15, 0.2) is 11.5 Å². The zero-order valence-electron chi connectivity index (χ0n) is 16.0. The minimum absolute atomic E-state index is 0.129. The molecule has 0 bridgehead atoms. The largest absolute Gasteiger partial charge is 0.493 e. The molecule has 0 aromatic heterocycles. The molecule has 0 atom stereocenters. The molecular weight excluding hydrogens is 414 g/mol. The van der Waals surface area contributed by atoms with Crippen LogP contribution in [0.3, 0.4) is 0 Å². The van der Waals surface area contributed by atoms with E-state index >= 15 is 0 Å². The van der Waals surface area contributed by atoms with Crippen LogP contribution in [0.2, 0.25) is 5.02 Å². The fourth-order valence-corrected chi connectivity index (χ4v) is 3.79. The van der Waals surface area contributed by atoms with E-state index in [1.165, 1.54) is 0 Å². The number of ether oxygens (including phenoxy) is 3. The Hall–Kier alpha value is -2.64. The van der Waals surface area contributed by atoms with Crippen LogP contribution < -0.4 is 14.2 Å². The maximum Gasteiger partial charge on any atom is 0.293 e. The number of halogens is 1. The van der Waals surface area contributed by atoms with Gasteiger partial charge in [-0.25, -0.2) is 0 Å². The fraction of sp³-hybridized carbons (Fsp3) is 0.238. The third-order valence-corrected chi connectivity index (χ3v) is 5.31. The minimum Gasteiger partial charge on any atom is -0.493 e. The Morgan fingerprint density at radius 3 is 2.55 bits per heavy atom. The second-order valence-electron chi connectivity index (χ2n) is 5.92. The number of rotatable bonds is 8. The Bertz CT molecular complexity index is 946. The Morgan fingerprint density at radius 1 is 1.07 bits per heavy atom. The molecule has 1 saturated heterocycles. The van der Waals surface area contributed by atoms with Crippen LogP contribution >= 0.6 is 23.4 Å².